The van der Waals surface area contributed by atoms with Crippen LogP contribution in [0, 0.1) is 5.92 Å². The first-order valence-electron chi connectivity index (χ1n) is 9.59. The predicted octanol–water partition coefficient (Wildman–Crippen LogP) is 2.27. The highest BCUT2D eigenvalue weighted by atomic mass is 16.2. The Labute approximate surface area is 164 Å². The van der Waals surface area contributed by atoms with Gasteiger partial charge in [0, 0.05) is 25.6 Å². The van der Waals surface area contributed by atoms with E-state index in [0.29, 0.717) is 19.5 Å². The van der Waals surface area contributed by atoms with Crippen molar-refractivity contribution >= 4 is 22.7 Å². The molecule has 28 heavy (non-hydrogen) atoms. The number of Topliss-reactive ketones (excluding diaryl/α,β-unsaturated/α-hetero) is 1. The van der Waals surface area contributed by atoms with Gasteiger partial charge in [-0.2, -0.15) is 0 Å². The number of imidazole rings is 1. The molecular weight excluding hydrogens is 352 g/mol. The molecule has 1 saturated heterocycles. The number of carbonyl (C=O) groups is 2. The normalized spacial score (nSPS) is 19.0. The van der Waals surface area contributed by atoms with Crippen molar-refractivity contribution in [3.8, 4) is 0 Å². The van der Waals surface area contributed by atoms with Crippen molar-refractivity contribution in [3.63, 3.8) is 0 Å². The number of carbonyl (C=O) groups excluding carboxylic acids is 2. The maximum Gasteiger partial charge on any atom is 0.237 e. The lowest BCUT2D eigenvalue weighted by Gasteiger charge is -2.12. The number of nitrogens with zero attached hydrogens (tertiary/aromatic N) is 2. The zero-order valence-corrected chi connectivity index (χ0v) is 15.9. The molecule has 1 aromatic heterocycles. The summed E-state index contributed by atoms with van der Waals surface area (Å²) in [6, 6.07) is 16.0. The second-order valence-corrected chi connectivity index (χ2v) is 7.40. The zero-order chi connectivity index (χ0) is 19.5. The molecule has 3 aromatic rings. The Morgan fingerprint density at radius 3 is 2.64 bits per heavy atom. The Hall–Kier alpha value is -2.99. The number of benzene rings is 2. The molecule has 0 spiro atoms. The number of fused-ring (bicyclic) bond motifs is 1. The van der Waals surface area contributed by atoms with Crippen LogP contribution < -0.4 is 10.6 Å². The molecule has 2 N–H and O–H groups in total. The van der Waals surface area contributed by atoms with Crippen molar-refractivity contribution in [2.75, 3.05) is 6.54 Å². The number of amides is 1. The SMILES string of the molecule is CC(=O)C1CNC(C(=O)NCc2ccc(Cn3cnc4ccccc43)cc2)C1. The Morgan fingerprint density at radius 2 is 1.89 bits per heavy atom. The monoisotopic (exact) mass is 376 g/mol. The van der Waals surface area contributed by atoms with Gasteiger partial charge in [0.1, 0.15) is 5.78 Å². The summed E-state index contributed by atoms with van der Waals surface area (Å²) >= 11 is 0. The van der Waals surface area contributed by atoms with Gasteiger partial charge in [0.15, 0.2) is 0 Å². The van der Waals surface area contributed by atoms with Gasteiger partial charge in [-0.15, -0.1) is 0 Å². The molecule has 4 rings (SSSR count). The van der Waals surface area contributed by atoms with Gasteiger partial charge in [0.25, 0.3) is 0 Å². The second-order valence-electron chi connectivity index (χ2n) is 7.40. The molecular formula is C22H24N4O2. The van der Waals surface area contributed by atoms with E-state index in [2.05, 4.69) is 38.4 Å². The van der Waals surface area contributed by atoms with Crippen LogP contribution in [0.15, 0.2) is 54.9 Å². The second kappa shape index (κ2) is 7.94. The van der Waals surface area contributed by atoms with E-state index in [9.17, 15) is 9.59 Å². The van der Waals surface area contributed by atoms with Crippen LogP contribution in [0.25, 0.3) is 11.0 Å². The molecule has 6 heteroatoms. The van der Waals surface area contributed by atoms with Crippen molar-refractivity contribution < 1.29 is 9.59 Å². The lowest BCUT2D eigenvalue weighted by atomic mass is 10.0. The third-order valence-corrected chi connectivity index (χ3v) is 5.39. The predicted molar refractivity (Wildman–Crippen MR) is 108 cm³/mol. The largest absolute Gasteiger partial charge is 0.351 e. The Bertz CT molecular complexity index is 993. The first-order chi connectivity index (χ1) is 13.6. The summed E-state index contributed by atoms with van der Waals surface area (Å²) in [6.45, 7) is 3.41. The quantitative estimate of drug-likeness (QED) is 0.692. The highest BCUT2D eigenvalue weighted by Crippen LogP contribution is 2.16. The van der Waals surface area contributed by atoms with E-state index < -0.39 is 0 Å². The summed E-state index contributed by atoms with van der Waals surface area (Å²) in [5, 5.41) is 6.09. The summed E-state index contributed by atoms with van der Waals surface area (Å²) in [5.41, 5.74) is 4.34. The average Bonchev–Trinajstić information content (AvgIpc) is 3.35. The van der Waals surface area contributed by atoms with Crippen LogP contribution in [0.3, 0.4) is 0 Å². The first-order valence-corrected chi connectivity index (χ1v) is 9.59. The molecule has 2 heterocycles. The number of ketones is 1. The number of aromatic nitrogens is 2. The number of nitrogens with one attached hydrogen (secondary N) is 2. The van der Waals surface area contributed by atoms with E-state index in [-0.39, 0.29) is 23.7 Å². The molecule has 0 bridgehead atoms. The van der Waals surface area contributed by atoms with Gasteiger partial charge < -0.3 is 15.2 Å². The highest BCUT2D eigenvalue weighted by molar-refractivity contribution is 5.85. The molecule has 144 valence electrons. The van der Waals surface area contributed by atoms with E-state index in [0.717, 1.165) is 23.1 Å². The topological polar surface area (TPSA) is 76.0 Å². The number of para-hydroxylation sites is 2. The van der Waals surface area contributed by atoms with Gasteiger partial charge in [0.05, 0.1) is 23.4 Å². The van der Waals surface area contributed by atoms with Gasteiger partial charge in [-0.25, -0.2) is 4.98 Å². The average molecular weight is 376 g/mol. The van der Waals surface area contributed by atoms with Crippen molar-refractivity contribution in [2.24, 2.45) is 5.92 Å². The van der Waals surface area contributed by atoms with Crippen LogP contribution in [0.1, 0.15) is 24.5 Å². The maximum absolute atomic E-state index is 12.3. The minimum Gasteiger partial charge on any atom is -0.351 e. The van der Waals surface area contributed by atoms with Crippen LogP contribution in [-0.2, 0) is 22.7 Å². The van der Waals surface area contributed by atoms with E-state index in [1.165, 1.54) is 5.56 Å². The summed E-state index contributed by atoms with van der Waals surface area (Å²) < 4.78 is 2.13. The molecule has 0 saturated carbocycles. The van der Waals surface area contributed by atoms with Crippen LogP contribution in [0.2, 0.25) is 0 Å². The molecule has 2 aromatic carbocycles. The molecule has 6 nitrogen and oxygen atoms in total. The summed E-state index contributed by atoms with van der Waals surface area (Å²) in [6.07, 6.45) is 2.45. The molecule has 1 fully saturated rings. The third kappa shape index (κ3) is 3.97. The van der Waals surface area contributed by atoms with Crippen LogP contribution >= 0.6 is 0 Å². The molecule has 2 atom stereocenters. The number of hydrogen-bond acceptors (Lipinski definition) is 4. The highest BCUT2D eigenvalue weighted by Gasteiger charge is 2.31. The van der Waals surface area contributed by atoms with Gasteiger partial charge in [-0.3, -0.25) is 9.59 Å². The Balaban J connectivity index is 1.32. The smallest absolute Gasteiger partial charge is 0.237 e. The van der Waals surface area contributed by atoms with E-state index in [4.69, 9.17) is 0 Å². The van der Waals surface area contributed by atoms with Gasteiger partial charge in [-0.05, 0) is 36.6 Å². The van der Waals surface area contributed by atoms with Crippen molar-refractivity contribution in [1.29, 1.82) is 0 Å². The minimum absolute atomic E-state index is 0.0438. The van der Waals surface area contributed by atoms with Crippen LogP contribution in [-0.4, -0.2) is 33.8 Å². The Kier molecular flexibility index (Phi) is 5.21. The van der Waals surface area contributed by atoms with E-state index in [1.807, 2.05) is 36.7 Å². The van der Waals surface area contributed by atoms with Crippen molar-refractivity contribution in [1.82, 2.24) is 20.2 Å². The fourth-order valence-electron chi connectivity index (χ4n) is 3.65. The first kappa shape index (κ1) is 18.4. The maximum atomic E-state index is 12.3. The molecule has 0 radical (unpaired) electrons. The van der Waals surface area contributed by atoms with Gasteiger partial charge in [-0.1, -0.05) is 36.4 Å². The van der Waals surface area contributed by atoms with E-state index in [1.54, 1.807) is 6.92 Å². The summed E-state index contributed by atoms with van der Waals surface area (Å²) in [7, 11) is 0. The molecule has 0 aliphatic carbocycles. The standard InChI is InChI=1S/C22H24N4O2/c1-15(27)18-10-20(23-12-18)22(28)24-11-16-6-8-17(9-7-16)13-26-14-25-19-4-2-3-5-21(19)26/h2-9,14,18,20,23H,10-13H2,1H3,(H,24,28). The number of rotatable bonds is 6. The Morgan fingerprint density at radius 1 is 1.14 bits per heavy atom. The lowest BCUT2D eigenvalue weighted by molar-refractivity contribution is -0.123. The summed E-state index contributed by atoms with van der Waals surface area (Å²) in [5.74, 6) is 0.0519. The molecule has 1 aliphatic rings. The van der Waals surface area contributed by atoms with Gasteiger partial charge >= 0.3 is 0 Å². The minimum atomic E-state index is -0.275. The summed E-state index contributed by atoms with van der Waals surface area (Å²) in [4.78, 5) is 28.2. The third-order valence-electron chi connectivity index (χ3n) is 5.39. The zero-order valence-electron chi connectivity index (χ0n) is 15.9. The van der Waals surface area contributed by atoms with Crippen LogP contribution in [0.5, 0.6) is 0 Å². The van der Waals surface area contributed by atoms with Gasteiger partial charge in [0.2, 0.25) is 5.91 Å². The van der Waals surface area contributed by atoms with Crippen molar-refractivity contribution in [3.05, 3.63) is 66.0 Å². The van der Waals surface area contributed by atoms with Crippen molar-refractivity contribution in [2.45, 2.75) is 32.5 Å². The number of hydrogen-bond donors (Lipinski definition) is 2. The van der Waals surface area contributed by atoms with E-state index >= 15 is 0 Å². The molecule has 2 unspecified atom stereocenters. The van der Waals surface area contributed by atoms with Crippen LogP contribution in [0.4, 0.5) is 0 Å². The lowest BCUT2D eigenvalue weighted by Crippen LogP contribution is -2.39. The fraction of sp³-hybridized carbons (Fsp3) is 0.318. The fourth-order valence-corrected chi connectivity index (χ4v) is 3.65. The molecule has 1 amide bonds. The molecule has 1 aliphatic heterocycles.